The lowest BCUT2D eigenvalue weighted by Gasteiger charge is -2.07. The summed E-state index contributed by atoms with van der Waals surface area (Å²) >= 11 is 0. The first kappa shape index (κ1) is 12.0. The maximum atomic E-state index is 4.24. The fourth-order valence-electron chi connectivity index (χ4n) is 1.69. The minimum absolute atomic E-state index is 0.974. The van der Waals surface area contributed by atoms with Crippen LogP contribution in [0.4, 0.5) is 0 Å². The van der Waals surface area contributed by atoms with Crippen LogP contribution in [0.2, 0.25) is 0 Å². The molecule has 0 radical (unpaired) electrons. The lowest BCUT2D eigenvalue weighted by molar-refractivity contribution is 1.45. The SMILES string of the molecule is C=C(C)c1ccccc1[CH-][N+]#Cc1ccccc1. The van der Waals surface area contributed by atoms with Crippen LogP contribution in [0.3, 0.4) is 0 Å². The molecule has 0 amide bonds. The van der Waals surface area contributed by atoms with Crippen molar-refractivity contribution in [3.63, 3.8) is 0 Å². The van der Waals surface area contributed by atoms with Crippen LogP contribution in [-0.4, -0.2) is 0 Å². The molecular formula is C17H15N. The highest BCUT2D eigenvalue weighted by molar-refractivity contribution is 5.66. The van der Waals surface area contributed by atoms with E-state index in [-0.39, 0.29) is 0 Å². The zero-order valence-corrected chi connectivity index (χ0v) is 10.4. The summed E-state index contributed by atoms with van der Waals surface area (Å²) in [5.41, 5.74) is 4.20. The van der Waals surface area contributed by atoms with Gasteiger partial charge in [-0.3, -0.25) is 0 Å². The number of rotatable bonds is 2. The molecule has 18 heavy (non-hydrogen) atoms. The molecule has 0 spiro atoms. The summed E-state index contributed by atoms with van der Waals surface area (Å²) < 4.78 is 0. The van der Waals surface area contributed by atoms with Crippen LogP contribution in [0, 0.1) is 12.6 Å². The highest BCUT2D eigenvalue weighted by Crippen LogP contribution is 2.18. The van der Waals surface area contributed by atoms with E-state index in [2.05, 4.69) is 17.5 Å². The van der Waals surface area contributed by atoms with Gasteiger partial charge in [0.2, 0.25) is 12.6 Å². The van der Waals surface area contributed by atoms with Crippen LogP contribution in [0.25, 0.3) is 10.4 Å². The van der Waals surface area contributed by atoms with E-state index in [0.29, 0.717) is 0 Å². The standard InChI is InChI=1S/C17H15N/c1-14(2)17-11-7-6-10-16(17)13-18-12-15-8-4-3-5-9-15/h3-11,13H,1H2,2H3. The Morgan fingerprint density at radius 1 is 1.06 bits per heavy atom. The van der Waals surface area contributed by atoms with Crippen molar-refractivity contribution in [2.75, 3.05) is 0 Å². The molecule has 2 aromatic carbocycles. The molecule has 2 rings (SSSR count). The summed E-state index contributed by atoms with van der Waals surface area (Å²) in [6.45, 7) is 7.78. The zero-order chi connectivity index (χ0) is 12.8. The van der Waals surface area contributed by atoms with Gasteiger partial charge in [0.1, 0.15) is 0 Å². The summed E-state index contributed by atoms with van der Waals surface area (Å²) in [4.78, 5) is 4.24. The van der Waals surface area contributed by atoms with E-state index in [1.807, 2.05) is 68.1 Å². The molecule has 0 atom stereocenters. The lowest BCUT2D eigenvalue weighted by Crippen LogP contribution is -1.86. The summed E-state index contributed by atoms with van der Waals surface area (Å²) in [7, 11) is 0. The maximum Gasteiger partial charge on any atom is 0.222 e. The van der Waals surface area contributed by atoms with Gasteiger partial charge in [-0.2, -0.15) is 0 Å². The third-order valence-corrected chi connectivity index (χ3v) is 2.59. The van der Waals surface area contributed by atoms with Crippen molar-refractivity contribution in [2.45, 2.75) is 6.92 Å². The van der Waals surface area contributed by atoms with Gasteiger partial charge >= 0.3 is 0 Å². The number of allylic oxidation sites excluding steroid dienone is 1. The Labute approximate surface area is 108 Å². The van der Waals surface area contributed by atoms with Gasteiger partial charge in [-0.1, -0.05) is 59.2 Å². The van der Waals surface area contributed by atoms with Crippen molar-refractivity contribution in [3.8, 4) is 6.07 Å². The molecule has 0 bridgehead atoms. The lowest BCUT2D eigenvalue weighted by atomic mass is 10.0. The van der Waals surface area contributed by atoms with E-state index >= 15 is 0 Å². The van der Waals surface area contributed by atoms with Crippen LogP contribution in [0.5, 0.6) is 0 Å². The Balaban J connectivity index is 2.17. The van der Waals surface area contributed by atoms with E-state index < -0.39 is 0 Å². The van der Waals surface area contributed by atoms with Crippen LogP contribution in [-0.2, 0) is 0 Å². The predicted molar refractivity (Wildman–Crippen MR) is 77.3 cm³/mol. The van der Waals surface area contributed by atoms with Gasteiger partial charge in [-0.05, 0) is 6.92 Å². The van der Waals surface area contributed by atoms with Gasteiger partial charge < -0.3 is 0 Å². The topological polar surface area (TPSA) is 4.36 Å². The fourth-order valence-corrected chi connectivity index (χ4v) is 1.69. The first-order valence-corrected chi connectivity index (χ1v) is 5.86. The Morgan fingerprint density at radius 3 is 2.44 bits per heavy atom. The van der Waals surface area contributed by atoms with Gasteiger partial charge in [0.05, 0.1) is 0 Å². The van der Waals surface area contributed by atoms with Crippen LogP contribution in [0.1, 0.15) is 23.6 Å². The molecule has 0 aliphatic rings. The quantitative estimate of drug-likeness (QED) is 0.667. The van der Waals surface area contributed by atoms with Crippen molar-refractivity contribution in [3.05, 3.63) is 89.3 Å². The molecule has 0 saturated carbocycles. The fraction of sp³-hybridized carbons (Fsp3) is 0.0588. The van der Waals surface area contributed by atoms with E-state index in [0.717, 1.165) is 22.3 Å². The molecule has 2 aromatic rings. The molecule has 0 heterocycles. The van der Waals surface area contributed by atoms with Gasteiger partial charge in [-0.15, -0.1) is 23.6 Å². The Bertz CT molecular complexity index is 600. The third-order valence-electron chi connectivity index (χ3n) is 2.59. The molecule has 0 aliphatic carbocycles. The Kier molecular flexibility index (Phi) is 3.83. The highest BCUT2D eigenvalue weighted by atomic mass is 14.6. The maximum absolute atomic E-state index is 4.24. The molecule has 0 unspecified atom stereocenters. The Morgan fingerprint density at radius 2 is 1.72 bits per heavy atom. The largest absolute Gasteiger partial charge is 0.222 e. The second-order valence-electron chi connectivity index (χ2n) is 4.10. The number of benzene rings is 2. The van der Waals surface area contributed by atoms with Crippen molar-refractivity contribution in [1.29, 1.82) is 0 Å². The minimum atomic E-state index is 0.974. The predicted octanol–water partition coefficient (Wildman–Crippen LogP) is 4.61. The second-order valence-corrected chi connectivity index (χ2v) is 4.10. The minimum Gasteiger partial charge on any atom is -0.140 e. The van der Waals surface area contributed by atoms with Crippen LogP contribution < -0.4 is 0 Å². The first-order chi connectivity index (χ1) is 8.77. The van der Waals surface area contributed by atoms with E-state index in [4.69, 9.17) is 0 Å². The normalized spacial score (nSPS) is 9.17. The summed E-state index contributed by atoms with van der Waals surface area (Å²) in [6.07, 6.45) is 0. The smallest absolute Gasteiger partial charge is 0.140 e. The summed E-state index contributed by atoms with van der Waals surface area (Å²) in [6, 6.07) is 20.9. The van der Waals surface area contributed by atoms with Crippen molar-refractivity contribution in [2.24, 2.45) is 0 Å². The molecule has 0 N–H and O–H groups in total. The van der Waals surface area contributed by atoms with E-state index in [9.17, 15) is 0 Å². The summed E-state index contributed by atoms with van der Waals surface area (Å²) in [5.74, 6) is 0. The monoisotopic (exact) mass is 233 g/mol. The molecule has 0 fully saturated rings. The average molecular weight is 233 g/mol. The summed E-state index contributed by atoms with van der Waals surface area (Å²) in [5, 5.41) is 0. The van der Waals surface area contributed by atoms with Crippen LogP contribution in [0.15, 0.2) is 61.2 Å². The molecule has 1 nitrogen and oxygen atoms in total. The van der Waals surface area contributed by atoms with E-state index in [1.54, 1.807) is 0 Å². The van der Waals surface area contributed by atoms with E-state index in [1.165, 1.54) is 0 Å². The molecular weight excluding hydrogens is 218 g/mol. The molecule has 0 aromatic heterocycles. The molecule has 0 aliphatic heterocycles. The van der Waals surface area contributed by atoms with Gasteiger partial charge in [0.25, 0.3) is 0 Å². The number of hydrogen-bond acceptors (Lipinski definition) is 0. The third kappa shape index (κ3) is 3.02. The van der Waals surface area contributed by atoms with Crippen LogP contribution >= 0.6 is 0 Å². The van der Waals surface area contributed by atoms with Crippen molar-refractivity contribution < 1.29 is 0 Å². The first-order valence-electron chi connectivity index (χ1n) is 5.86. The Hall–Kier alpha value is -2.46. The van der Waals surface area contributed by atoms with Crippen molar-refractivity contribution >= 4 is 5.57 Å². The molecule has 88 valence electrons. The number of hydrogen-bond donors (Lipinski definition) is 0. The zero-order valence-electron chi connectivity index (χ0n) is 10.4. The second kappa shape index (κ2) is 5.75. The van der Waals surface area contributed by atoms with Gasteiger partial charge in [0.15, 0.2) is 0 Å². The van der Waals surface area contributed by atoms with Gasteiger partial charge in [0, 0.05) is 5.56 Å². The highest BCUT2D eigenvalue weighted by Gasteiger charge is 1.99. The van der Waals surface area contributed by atoms with Crippen molar-refractivity contribution in [1.82, 2.24) is 0 Å². The molecule has 0 saturated heterocycles. The van der Waals surface area contributed by atoms with Gasteiger partial charge in [-0.25, -0.2) is 0 Å². The number of nitrogens with zero attached hydrogens (tertiary/aromatic N) is 1. The average Bonchev–Trinajstić information content (AvgIpc) is 2.40. The molecule has 1 heteroatoms.